The molecule has 0 spiro atoms. The van der Waals surface area contributed by atoms with Gasteiger partial charge >= 0.3 is 0 Å². The molecule has 1 heteroatoms. The Labute approximate surface area is 264 Å². The van der Waals surface area contributed by atoms with Gasteiger partial charge in [0.2, 0.25) is 0 Å². The second kappa shape index (κ2) is 11.1. The Morgan fingerprint density at radius 3 is 1.07 bits per heavy atom. The number of para-hydroxylation sites is 2. The van der Waals surface area contributed by atoms with Crippen molar-refractivity contribution in [3.05, 3.63) is 175 Å². The molecule has 0 unspecified atom stereocenters. The van der Waals surface area contributed by atoms with Gasteiger partial charge in [-0.2, -0.15) is 0 Å². The Hall–Kier alpha value is -5.66. The maximum absolute atomic E-state index is 2.43. The summed E-state index contributed by atoms with van der Waals surface area (Å²) in [5, 5.41) is 2.53. The van der Waals surface area contributed by atoms with Gasteiger partial charge in [-0.05, 0) is 112 Å². The van der Waals surface area contributed by atoms with Gasteiger partial charge in [-0.3, -0.25) is 0 Å². The van der Waals surface area contributed by atoms with E-state index in [1.54, 1.807) is 0 Å². The molecule has 0 aliphatic heterocycles. The summed E-state index contributed by atoms with van der Waals surface area (Å²) in [7, 11) is 0. The number of hydrogen-bond donors (Lipinski definition) is 0. The maximum Gasteiger partial charge on any atom is 0.0541 e. The minimum Gasteiger partial charge on any atom is -0.309 e. The van der Waals surface area contributed by atoms with E-state index in [1.807, 2.05) is 0 Å². The van der Waals surface area contributed by atoms with Crippen LogP contribution in [-0.4, -0.2) is 4.57 Å². The SMILES string of the molecule is Cc1cc(-c2ccccc2)cc(-c2cc(-c3cc(C)cc(-c4ccccc4)c3)cc(-n3c4ccccc4c4ccccc43)c2)c1. The molecule has 0 saturated carbocycles. The van der Waals surface area contributed by atoms with Gasteiger partial charge in [0.15, 0.2) is 0 Å². The highest BCUT2D eigenvalue weighted by molar-refractivity contribution is 6.09. The molecule has 0 radical (unpaired) electrons. The smallest absolute Gasteiger partial charge is 0.0541 e. The van der Waals surface area contributed by atoms with Crippen LogP contribution < -0.4 is 0 Å². The van der Waals surface area contributed by atoms with Crippen LogP contribution in [0, 0.1) is 13.8 Å². The lowest BCUT2D eigenvalue weighted by Gasteiger charge is -2.16. The van der Waals surface area contributed by atoms with Gasteiger partial charge in [0, 0.05) is 16.5 Å². The molecular weight excluding hydrogens is 542 g/mol. The zero-order chi connectivity index (χ0) is 30.3. The molecule has 8 aromatic rings. The van der Waals surface area contributed by atoms with Crippen LogP contribution in [0.3, 0.4) is 0 Å². The molecule has 0 aliphatic carbocycles. The van der Waals surface area contributed by atoms with Gasteiger partial charge in [0.1, 0.15) is 0 Å². The lowest BCUT2D eigenvalue weighted by molar-refractivity contribution is 1.18. The summed E-state index contributed by atoms with van der Waals surface area (Å²) >= 11 is 0. The number of benzene rings is 7. The summed E-state index contributed by atoms with van der Waals surface area (Å²) in [6.45, 7) is 4.39. The zero-order valence-corrected chi connectivity index (χ0v) is 25.5. The van der Waals surface area contributed by atoms with E-state index in [-0.39, 0.29) is 0 Å². The van der Waals surface area contributed by atoms with Crippen LogP contribution in [0.2, 0.25) is 0 Å². The quantitative estimate of drug-likeness (QED) is 0.192. The second-order valence-corrected chi connectivity index (χ2v) is 12.0. The third-order valence-electron chi connectivity index (χ3n) is 8.79. The summed E-state index contributed by atoms with van der Waals surface area (Å²) in [5.41, 5.74) is 15.8. The largest absolute Gasteiger partial charge is 0.309 e. The molecule has 8 rings (SSSR count). The fraction of sp³-hybridized carbons (Fsp3) is 0.0455. The fourth-order valence-electron chi connectivity index (χ4n) is 6.77. The van der Waals surface area contributed by atoms with Crippen molar-refractivity contribution in [3.63, 3.8) is 0 Å². The average molecular weight is 576 g/mol. The molecule has 45 heavy (non-hydrogen) atoms. The van der Waals surface area contributed by atoms with E-state index in [4.69, 9.17) is 0 Å². The van der Waals surface area contributed by atoms with E-state index in [1.165, 1.54) is 77.4 Å². The summed E-state index contributed by atoms with van der Waals surface area (Å²) in [4.78, 5) is 0. The molecule has 0 amide bonds. The van der Waals surface area contributed by atoms with Gasteiger partial charge < -0.3 is 4.57 Å². The molecule has 0 saturated heterocycles. The first-order valence-corrected chi connectivity index (χ1v) is 15.6. The van der Waals surface area contributed by atoms with Crippen LogP contribution in [0.5, 0.6) is 0 Å². The van der Waals surface area contributed by atoms with Gasteiger partial charge in [0.25, 0.3) is 0 Å². The van der Waals surface area contributed by atoms with Gasteiger partial charge in [-0.15, -0.1) is 0 Å². The molecular formula is C44H33N. The predicted molar refractivity (Wildman–Crippen MR) is 192 cm³/mol. The predicted octanol–water partition coefficient (Wildman–Crippen LogP) is 12.1. The average Bonchev–Trinajstić information content (AvgIpc) is 3.43. The second-order valence-electron chi connectivity index (χ2n) is 12.0. The van der Waals surface area contributed by atoms with Gasteiger partial charge in [-0.25, -0.2) is 0 Å². The van der Waals surface area contributed by atoms with E-state index in [9.17, 15) is 0 Å². The molecule has 1 aromatic heterocycles. The Morgan fingerprint density at radius 2 is 0.644 bits per heavy atom. The van der Waals surface area contributed by atoms with Crippen molar-refractivity contribution >= 4 is 21.8 Å². The normalized spacial score (nSPS) is 11.3. The lowest BCUT2D eigenvalue weighted by atomic mass is 9.92. The summed E-state index contributed by atoms with van der Waals surface area (Å²) < 4.78 is 2.43. The zero-order valence-electron chi connectivity index (χ0n) is 25.5. The van der Waals surface area contributed by atoms with Gasteiger partial charge in [-0.1, -0.05) is 121 Å². The Balaban J connectivity index is 1.40. The summed E-state index contributed by atoms with van der Waals surface area (Å²) in [5.74, 6) is 0. The lowest BCUT2D eigenvalue weighted by Crippen LogP contribution is -1.96. The van der Waals surface area contributed by atoms with E-state index in [2.05, 4.69) is 182 Å². The van der Waals surface area contributed by atoms with Gasteiger partial charge in [0.05, 0.1) is 11.0 Å². The number of nitrogens with zero attached hydrogens (tertiary/aromatic N) is 1. The number of hydrogen-bond acceptors (Lipinski definition) is 0. The first-order valence-electron chi connectivity index (χ1n) is 15.6. The van der Waals surface area contributed by atoms with E-state index in [0.717, 1.165) is 5.69 Å². The third-order valence-corrected chi connectivity index (χ3v) is 8.79. The van der Waals surface area contributed by atoms with Crippen LogP contribution in [0.4, 0.5) is 0 Å². The Morgan fingerprint density at radius 1 is 0.311 bits per heavy atom. The minimum atomic E-state index is 1.16. The third kappa shape index (κ3) is 5.03. The maximum atomic E-state index is 2.43. The van der Waals surface area contributed by atoms with Crippen molar-refractivity contribution in [1.82, 2.24) is 4.57 Å². The number of rotatable bonds is 5. The van der Waals surface area contributed by atoms with Crippen LogP contribution in [-0.2, 0) is 0 Å². The molecule has 1 heterocycles. The minimum absolute atomic E-state index is 1.16. The number of aryl methyl sites for hydroxylation is 2. The summed E-state index contributed by atoms with van der Waals surface area (Å²) in [6.07, 6.45) is 0. The highest BCUT2D eigenvalue weighted by Gasteiger charge is 2.15. The molecule has 0 aliphatic rings. The van der Waals surface area contributed by atoms with Crippen LogP contribution in [0.15, 0.2) is 164 Å². The highest BCUT2D eigenvalue weighted by atomic mass is 15.0. The van der Waals surface area contributed by atoms with Crippen molar-refractivity contribution in [2.45, 2.75) is 13.8 Å². The Kier molecular flexibility index (Phi) is 6.65. The van der Waals surface area contributed by atoms with Crippen molar-refractivity contribution in [2.75, 3.05) is 0 Å². The van der Waals surface area contributed by atoms with E-state index < -0.39 is 0 Å². The highest BCUT2D eigenvalue weighted by Crippen LogP contribution is 2.38. The summed E-state index contributed by atoms with van der Waals surface area (Å²) in [6, 6.07) is 59.8. The van der Waals surface area contributed by atoms with Crippen LogP contribution in [0.1, 0.15) is 11.1 Å². The van der Waals surface area contributed by atoms with Crippen LogP contribution in [0.25, 0.3) is 72.0 Å². The van der Waals surface area contributed by atoms with Crippen molar-refractivity contribution in [1.29, 1.82) is 0 Å². The topological polar surface area (TPSA) is 4.93 Å². The van der Waals surface area contributed by atoms with E-state index in [0.29, 0.717) is 0 Å². The van der Waals surface area contributed by atoms with Crippen molar-refractivity contribution in [2.24, 2.45) is 0 Å². The van der Waals surface area contributed by atoms with E-state index >= 15 is 0 Å². The van der Waals surface area contributed by atoms with Crippen molar-refractivity contribution in [3.8, 4) is 50.2 Å². The molecule has 0 N–H and O–H groups in total. The molecule has 0 atom stereocenters. The molecule has 7 aromatic carbocycles. The standard InChI is InChI=1S/C44H33N/c1-30-21-34(32-13-5-3-6-14-32)25-36(23-30)38-27-39(37-24-31(2)22-35(26-37)33-15-7-4-8-16-33)29-40(28-38)45-43-19-11-9-17-41(43)42-18-10-12-20-44(42)45/h3-29H,1-2H3. The Bertz CT molecular complexity index is 2160. The van der Waals surface area contributed by atoms with Crippen LogP contribution >= 0.6 is 0 Å². The molecule has 0 fully saturated rings. The van der Waals surface area contributed by atoms with Crippen molar-refractivity contribution < 1.29 is 0 Å². The fourth-order valence-corrected chi connectivity index (χ4v) is 6.77. The number of fused-ring (bicyclic) bond motifs is 3. The number of aromatic nitrogens is 1. The first-order chi connectivity index (χ1) is 22.1. The molecule has 0 bridgehead atoms. The first kappa shape index (κ1) is 26.9. The monoisotopic (exact) mass is 575 g/mol. The molecule has 1 nitrogen and oxygen atoms in total. The molecule has 214 valence electrons.